The van der Waals surface area contributed by atoms with Gasteiger partial charge in [0.15, 0.2) is 6.10 Å². The van der Waals surface area contributed by atoms with Crippen molar-refractivity contribution in [2.75, 3.05) is 0 Å². The van der Waals surface area contributed by atoms with Gasteiger partial charge in [-0.1, -0.05) is 13.8 Å². The topological polar surface area (TPSA) is 82.3 Å². The number of alkyl carbamates (subject to hydrolysis) is 1. The number of carbonyl (C=O) groups is 1. The van der Waals surface area contributed by atoms with Crippen LogP contribution < -0.4 is 5.32 Å². The summed E-state index contributed by atoms with van der Waals surface area (Å²) in [7, 11) is 0. The van der Waals surface area contributed by atoms with Gasteiger partial charge in [0.25, 0.3) is 0 Å². The van der Waals surface area contributed by atoms with E-state index in [2.05, 4.69) is 5.32 Å². The fourth-order valence-electron chi connectivity index (χ4n) is 1.32. The molecule has 0 aliphatic heterocycles. The summed E-state index contributed by atoms with van der Waals surface area (Å²) in [5.41, 5.74) is -0.593. The lowest BCUT2D eigenvalue weighted by molar-refractivity contribution is 0.0446. The maximum Gasteiger partial charge on any atom is 0.407 e. The second kappa shape index (κ2) is 6.45. The van der Waals surface area contributed by atoms with Crippen LogP contribution in [0, 0.1) is 17.2 Å². The summed E-state index contributed by atoms with van der Waals surface area (Å²) >= 11 is 0. The molecule has 0 bridgehead atoms. The van der Waals surface area contributed by atoms with Gasteiger partial charge in [-0.05, 0) is 33.1 Å². The van der Waals surface area contributed by atoms with Crippen molar-refractivity contribution in [3.05, 3.63) is 0 Å². The van der Waals surface area contributed by atoms with E-state index in [-0.39, 0.29) is 5.92 Å². The molecule has 98 valence electrons. The van der Waals surface area contributed by atoms with Crippen molar-refractivity contribution in [3.63, 3.8) is 0 Å². The SMILES string of the molecule is CC(C)C[C@H](NC(=O)OC(C)(C)C)C(O)C#N. The number of hydrogen-bond donors (Lipinski definition) is 2. The molecule has 5 heteroatoms. The second-order valence-electron chi connectivity index (χ2n) is 5.46. The molecule has 0 saturated heterocycles. The van der Waals surface area contributed by atoms with Crippen LogP contribution in [0.1, 0.15) is 41.0 Å². The number of hydrogen-bond acceptors (Lipinski definition) is 4. The van der Waals surface area contributed by atoms with E-state index in [9.17, 15) is 9.90 Å². The van der Waals surface area contributed by atoms with Crippen molar-refractivity contribution < 1.29 is 14.6 Å². The first kappa shape index (κ1) is 15.7. The number of nitrogens with zero attached hydrogens (tertiary/aromatic N) is 1. The molecule has 2 atom stereocenters. The third kappa shape index (κ3) is 7.58. The first-order chi connectivity index (χ1) is 7.65. The van der Waals surface area contributed by atoms with Gasteiger partial charge in [0.05, 0.1) is 12.1 Å². The molecule has 0 aliphatic carbocycles. The normalized spacial score (nSPS) is 14.9. The number of rotatable bonds is 4. The Bertz CT molecular complexity index is 289. The number of nitrogens with one attached hydrogen (secondary N) is 1. The van der Waals surface area contributed by atoms with Gasteiger partial charge in [0, 0.05) is 0 Å². The third-order valence-corrected chi connectivity index (χ3v) is 1.94. The van der Waals surface area contributed by atoms with E-state index < -0.39 is 23.8 Å². The van der Waals surface area contributed by atoms with Crippen LogP contribution in [0.15, 0.2) is 0 Å². The van der Waals surface area contributed by atoms with Crippen LogP contribution in [0.2, 0.25) is 0 Å². The molecular weight excluding hydrogens is 220 g/mol. The zero-order valence-corrected chi connectivity index (χ0v) is 11.2. The lowest BCUT2D eigenvalue weighted by Crippen LogP contribution is -2.45. The Morgan fingerprint density at radius 2 is 2.00 bits per heavy atom. The van der Waals surface area contributed by atoms with Gasteiger partial charge in [-0.2, -0.15) is 5.26 Å². The Morgan fingerprint density at radius 1 is 1.47 bits per heavy atom. The summed E-state index contributed by atoms with van der Waals surface area (Å²) in [5.74, 6) is 0.262. The lowest BCUT2D eigenvalue weighted by Gasteiger charge is -2.25. The van der Waals surface area contributed by atoms with Crippen LogP contribution in [0.3, 0.4) is 0 Å². The van der Waals surface area contributed by atoms with Gasteiger partial charge in [-0.25, -0.2) is 4.79 Å². The van der Waals surface area contributed by atoms with Crippen LogP contribution in [0.4, 0.5) is 4.79 Å². The largest absolute Gasteiger partial charge is 0.444 e. The minimum Gasteiger partial charge on any atom is -0.444 e. The molecule has 1 unspecified atom stereocenters. The maximum atomic E-state index is 11.5. The van der Waals surface area contributed by atoms with Gasteiger partial charge < -0.3 is 15.2 Å². The predicted molar refractivity (Wildman–Crippen MR) is 64.2 cm³/mol. The molecule has 17 heavy (non-hydrogen) atoms. The number of ether oxygens (including phenoxy) is 1. The highest BCUT2D eigenvalue weighted by Gasteiger charge is 2.24. The van der Waals surface area contributed by atoms with Crippen molar-refractivity contribution in [3.8, 4) is 6.07 Å². The summed E-state index contributed by atoms with van der Waals surface area (Å²) < 4.78 is 5.07. The molecule has 0 rings (SSSR count). The first-order valence-electron chi connectivity index (χ1n) is 5.73. The van der Waals surface area contributed by atoms with Crippen LogP contribution >= 0.6 is 0 Å². The molecule has 0 saturated carbocycles. The van der Waals surface area contributed by atoms with E-state index in [1.165, 1.54) is 0 Å². The molecule has 0 aliphatic rings. The average molecular weight is 242 g/mol. The highest BCUT2D eigenvalue weighted by Crippen LogP contribution is 2.11. The zero-order valence-electron chi connectivity index (χ0n) is 11.2. The Labute approximate surface area is 103 Å². The Morgan fingerprint density at radius 3 is 2.35 bits per heavy atom. The standard InChI is InChI=1S/C12H22N2O3/c1-8(2)6-9(10(15)7-13)14-11(16)17-12(3,4)5/h8-10,15H,6H2,1-5H3,(H,14,16)/t9-,10?/m0/s1. The Balaban J connectivity index is 4.44. The van der Waals surface area contributed by atoms with Crippen molar-refractivity contribution in [1.82, 2.24) is 5.32 Å². The minimum absolute atomic E-state index is 0.262. The van der Waals surface area contributed by atoms with Crippen LogP contribution in [0.5, 0.6) is 0 Å². The molecule has 0 fully saturated rings. The minimum atomic E-state index is -1.22. The molecule has 1 amide bonds. The molecule has 0 aromatic heterocycles. The van der Waals surface area contributed by atoms with E-state index in [1.807, 2.05) is 13.8 Å². The molecule has 0 heterocycles. The Kier molecular flexibility index (Phi) is 5.97. The fraction of sp³-hybridized carbons (Fsp3) is 0.833. The molecule has 5 nitrogen and oxygen atoms in total. The lowest BCUT2D eigenvalue weighted by atomic mass is 10.00. The molecule has 0 radical (unpaired) electrons. The molecule has 2 N–H and O–H groups in total. The van der Waals surface area contributed by atoms with Crippen molar-refractivity contribution in [2.24, 2.45) is 5.92 Å². The monoisotopic (exact) mass is 242 g/mol. The highest BCUT2D eigenvalue weighted by atomic mass is 16.6. The zero-order chi connectivity index (χ0) is 13.6. The van der Waals surface area contributed by atoms with Gasteiger partial charge in [-0.15, -0.1) is 0 Å². The van der Waals surface area contributed by atoms with Gasteiger partial charge in [-0.3, -0.25) is 0 Å². The quantitative estimate of drug-likeness (QED) is 0.736. The number of nitriles is 1. The second-order valence-corrected chi connectivity index (χ2v) is 5.46. The number of carbonyl (C=O) groups excluding carboxylic acids is 1. The van der Waals surface area contributed by atoms with Crippen LogP contribution in [0.25, 0.3) is 0 Å². The van der Waals surface area contributed by atoms with Crippen LogP contribution in [-0.4, -0.2) is 28.9 Å². The van der Waals surface area contributed by atoms with Gasteiger partial charge in [0.1, 0.15) is 5.60 Å². The third-order valence-electron chi connectivity index (χ3n) is 1.94. The van der Waals surface area contributed by atoms with Crippen molar-refractivity contribution in [2.45, 2.75) is 58.8 Å². The Hall–Kier alpha value is -1.28. The molecule has 0 aromatic rings. The van der Waals surface area contributed by atoms with Crippen molar-refractivity contribution in [1.29, 1.82) is 5.26 Å². The van der Waals surface area contributed by atoms with E-state index in [0.717, 1.165) is 0 Å². The van der Waals surface area contributed by atoms with E-state index in [0.29, 0.717) is 6.42 Å². The summed E-state index contributed by atoms with van der Waals surface area (Å²) in [5, 5.41) is 20.7. The van der Waals surface area contributed by atoms with E-state index >= 15 is 0 Å². The predicted octanol–water partition coefficient (Wildman–Crippen LogP) is 1.81. The summed E-state index contributed by atoms with van der Waals surface area (Å²) in [6, 6.07) is 1.12. The first-order valence-corrected chi connectivity index (χ1v) is 5.73. The van der Waals surface area contributed by atoms with Gasteiger partial charge >= 0.3 is 6.09 Å². The number of aliphatic hydroxyl groups excluding tert-OH is 1. The number of amides is 1. The van der Waals surface area contributed by atoms with Crippen molar-refractivity contribution >= 4 is 6.09 Å². The molecule has 0 spiro atoms. The fourth-order valence-corrected chi connectivity index (χ4v) is 1.32. The molecular formula is C12H22N2O3. The molecule has 0 aromatic carbocycles. The van der Waals surface area contributed by atoms with E-state index in [4.69, 9.17) is 10.00 Å². The van der Waals surface area contributed by atoms with E-state index in [1.54, 1.807) is 26.8 Å². The summed E-state index contributed by atoms with van der Waals surface area (Å²) in [4.78, 5) is 11.5. The highest BCUT2D eigenvalue weighted by molar-refractivity contribution is 5.68. The van der Waals surface area contributed by atoms with Crippen LogP contribution in [-0.2, 0) is 4.74 Å². The number of aliphatic hydroxyl groups is 1. The smallest absolute Gasteiger partial charge is 0.407 e. The maximum absolute atomic E-state index is 11.5. The summed E-state index contributed by atoms with van der Waals surface area (Å²) in [6.45, 7) is 9.17. The summed E-state index contributed by atoms with van der Waals surface area (Å²) in [6.07, 6.45) is -1.31. The average Bonchev–Trinajstić information content (AvgIpc) is 2.11. The van der Waals surface area contributed by atoms with Gasteiger partial charge in [0.2, 0.25) is 0 Å².